The molecule has 0 bridgehead atoms. The molecule has 7 nitrogen and oxygen atoms in total. The lowest BCUT2D eigenvalue weighted by atomic mass is 10.0. The molecule has 0 heterocycles. The number of hydrogen-bond donors (Lipinski definition) is 1. The van der Waals surface area contributed by atoms with Crippen LogP contribution in [0.15, 0.2) is 112 Å². The summed E-state index contributed by atoms with van der Waals surface area (Å²) >= 11 is 3.44. The molecule has 0 spiro atoms. The molecule has 48 heavy (non-hydrogen) atoms. The maximum absolute atomic E-state index is 14.5. The van der Waals surface area contributed by atoms with E-state index in [1.807, 2.05) is 44.2 Å². The molecular weight excluding hydrogens is 707 g/mol. The molecule has 0 saturated heterocycles. The average molecular weight is 745 g/mol. The van der Waals surface area contributed by atoms with Crippen LogP contribution in [0.4, 0.5) is 18.9 Å². The number of sulfonamides is 1. The number of carbonyl (C=O) groups is 2. The van der Waals surface area contributed by atoms with E-state index in [4.69, 9.17) is 0 Å². The number of anilines is 1. The third-order valence-electron chi connectivity index (χ3n) is 7.86. The molecule has 0 aliphatic rings. The van der Waals surface area contributed by atoms with Crippen molar-refractivity contribution >= 4 is 43.5 Å². The van der Waals surface area contributed by atoms with Crippen molar-refractivity contribution in [3.8, 4) is 0 Å². The van der Waals surface area contributed by atoms with Crippen molar-refractivity contribution in [3.63, 3.8) is 0 Å². The van der Waals surface area contributed by atoms with Crippen LogP contribution in [0.5, 0.6) is 0 Å². The zero-order chi connectivity index (χ0) is 35.1. The molecule has 12 heteroatoms. The summed E-state index contributed by atoms with van der Waals surface area (Å²) in [5.41, 5.74) is 0.768. The Balaban J connectivity index is 1.85. The number of rotatable bonds is 13. The zero-order valence-corrected chi connectivity index (χ0v) is 29.1. The van der Waals surface area contributed by atoms with Gasteiger partial charge < -0.3 is 10.2 Å². The predicted octanol–water partition coefficient (Wildman–Crippen LogP) is 7.53. The van der Waals surface area contributed by atoms with Crippen molar-refractivity contribution in [2.24, 2.45) is 0 Å². The van der Waals surface area contributed by atoms with Gasteiger partial charge in [-0.25, -0.2) is 8.42 Å². The van der Waals surface area contributed by atoms with Crippen LogP contribution in [0.25, 0.3) is 0 Å². The minimum Gasteiger partial charge on any atom is -0.352 e. The van der Waals surface area contributed by atoms with Crippen molar-refractivity contribution in [1.82, 2.24) is 10.2 Å². The van der Waals surface area contributed by atoms with Gasteiger partial charge in [-0.05, 0) is 73.9 Å². The molecule has 2 atom stereocenters. The van der Waals surface area contributed by atoms with Crippen LogP contribution in [-0.4, -0.2) is 43.8 Å². The largest absolute Gasteiger partial charge is 0.416 e. The fraction of sp³-hybridized carbons (Fsp3) is 0.278. The highest BCUT2D eigenvalue weighted by molar-refractivity contribution is 9.10. The molecule has 0 fully saturated rings. The van der Waals surface area contributed by atoms with Gasteiger partial charge in [0.05, 0.1) is 16.1 Å². The van der Waals surface area contributed by atoms with Crippen LogP contribution < -0.4 is 9.62 Å². The van der Waals surface area contributed by atoms with Gasteiger partial charge in [-0.3, -0.25) is 13.9 Å². The molecule has 1 N–H and O–H groups in total. The smallest absolute Gasteiger partial charge is 0.352 e. The van der Waals surface area contributed by atoms with Crippen molar-refractivity contribution in [2.75, 3.05) is 10.8 Å². The number of nitrogens with zero attached hydrogens (tertiary/aromatic N) is 2. The highest BCUT2D eigenvalue weighted by atomic mass is 79.9. The molecule has 0 saturated carbocycles. The van der Waals surface area contributed by atoms with E-state index in [-0.39, 0.29) is 29.6 Å². The second kappa shape index (κ2) is 15.8. The number of carbonyl (C=O) groups excluding carboxylic acids is 2. The van der Waals surface area contributed by atoms with Gasteiger partial charge in [0.25, 0.3) is 10.0 Å². The SMILES string of the molecule is CCC(C)NC(=O)C(Cc1ccccc1)N(Cc1cccc(Br)c1)C(=O)CN(c1cccc(C(F)(F)F)c1)S(=O)(=O)c1ccc(C)cc1. The van der Waals surface area contributed by atoms with Crippen LogP contribution >= 0.6 is 15.9 Å². The summed E-state index contributed by atoms with van der Waals surface area (Å²) < 4.78 is 71.1. The van der Waals surface area contributed by atoms with Crippen molar-refractivity contribution in [3.05, 3.63) is 130 Å². The van der Waals surface area contributed by atoms with Crippen molar-refractivity contribution < 1.29 is 31.2 Å². The van der Waals surface area contributed by atoms with E-state index < -0.39 is 46.2 Å². The van der Waals surface area contributed by atoms with E-state index in [0.29, 0.717) is 22.4 Å². The summed E-state index contributed by atoms with van der Waals surface area (Å²) in [7, 11) is -4.56. The Hall–Kier alpha value is -4.16. The first-order valence-corrected chi connectivity index (χ1v) is 17.6. The Morgan fingerprint density at radius 3 is 2.15 bits per heavy atom. The van der Waals surface area contributed by atoms with Crippen LogP contribution in [0.2, 0.25) is 0 Å². The van der Waals surface area contributed by atoms with Gasteiger partial charge in [0.1, 0.15) is 12.6 Å². The summed E-state index contributed by atoms with van der Waals surface area (Å²) in [6.45, 7) is 4.56. The first-order valence-electron chi connectivity index (χ1n) is 15.3. The average Bonchev–Trinajstić information content (AvgIpc) is 3.05. The van der Waals surface area contributed by atoms with Gasteiger partial charge in [0.2, 0.25) is 11.8 Å². The van der Waals surface area contributed by atoms with Gasteiger partial charge in [-0.1, -0.05) is 89.1 Å². The number of hydrogen-bond acceptors (Lipinski definition) is 4. The molecule has 254 valence electrons. The fourth-order valence-corrected chi connectivity index (χ4v) is 6.88. The highest BCUT2D eigenvalue weighted by Gasteiger charge is 2.36. The Morgan fingerprint density at radius 1 is 0.875 bits per heavy atom. The second-order valence-corrected chi connectivity index (χ2v) is 14.3. The lowest BCUT2D eigenvalue weighted by molar-refractivity contribution is -0.140. The van der Waals surface area contributed by atoms with Crippen LogP contribution in [-0.2, 0) is 38.8 Å². The summed E-state index contributed by atoms with van der Waals surface area (Å²) in [6, 6.07) is 24.5. The van der Waals surface area contributed by atoms with E-state index in [1.165, 1.54) is 23.1 Å². The monoisotopic (exact) mass is 743 g/mol. The maximum Gasteiger partial charge on any atom is 0.416 e. The minimum absolute atomic E-state index is 0.0787. The van der Waals surface area contributed by atoms with E-state index >= 15 is 0 Å². The fourth-order valence-electron chi connectivity index (χ4n) is 5.03. The van der Waals surface area contributed by atoms with Gasteiger partial charge in [0.15, 0.2) is 0 Å². The molecule has 2 unspecified atom stereocenters. The Kier molecular flexibility index (Phi) is 12.1. The van der Waals surface area contributed by atoms with Gasteiger partial charge >= 0.3 is 6.18 Å². The molecule has 4 rings (SSSR count). The quantitative estimate of drug-likeness (QED) is 0.154. The van der Waals surface area contributed by atoms with Crippen LogP contribution in [0.1, 0.15) is 42.5 Å². The van der Waals surface area contributed by atoms with Crippen molar-refractivity contribution in [1.29, 1.82) is 0 Å². The Labute approximate surface area is 287 Å². The van der Waals surface area contributed by atoms with Gasteiger partial charge in [-0.2, -0.15) is 13.2 Å². The van der Waals surface area contributed by atoms with Crippen LogP contribution in [0, 0.1) is 6.92 Å². The lowest BCUT2D eigenvalue weighted by Crippen LogP contribution is -2.54. The molecule has 4 aromatic rings. The number of benzene rings is 4. The molecule has 0 radical (unpaired) electrons. The highest BCUT2D eigenvalue weighted by Crippen LogP contribution is 2.33. The molecule has 0 aliphatic carbocycles. The summed E-state index contributed by atoms with van der Waals surface area (Å²) in [5, 5.41) is 2.95. The van der Waals surface area contributed by atoms with Crippen molar-refractivity contribution in [2.45, 2.75) is 63.3 Å². The van der Waals surface area contributed by atoms with Gasteiger partial charge in [-0.15, -0.1) is 0 Å². The number of alkyl halides is 3. The van der Waals surface area contributed by atoms with Gasteiger partial charge in [0, 0.05) is 23.5 Å². The number of nitrogens with one attached hydrogen (secondary N) is 1. The second-order valence-electron chi connectivity index (χ2n) is 11.5. The van der Waals surface area contributed by atoms with E-state index in [0.717, 1.165) is 27.7 Å². The molecule has 2 amide bonds. The predicted molar refractivity (Wildman–Crippen MR) is 184 cm³/mol. The molecule has 0 aromatic heterocycles. The van der Waals surface area contributed by atoms with Crippen LogP contribution in [0.3, 0.4) is 0 Å². The molecule has 4 aromatic carbocycles. The normalized spacial score (nSPS) is 13.0. The minimum atomic E-state index is -4.76. The zero-order valence-electron chi connectivity index (χ0n) is 26.7. The third-order valence-corrected chi connectivity index (χ3v) is 10.1. The first kappa shape index (κ1) is 36.7. The number of halogens is 4. The number of amides is 2. The topological polar surface area (TPSA) is 86.8 Å². The van der Waals surface area contributed by atoms with E-state index in [1.54, 1.807) is 43.3 Å². The first-order chi connectivity index (χ1) is 22.7. The Bertz CT molecular complexity index is 1820. The Morgan fingerprint density at radius 2 is 1.52 bits per heavy atom. The van der Waals surface area contributed by atoms with E-state index in [2.05, 4.69) is 21.2 Å². The molecule has 0 aliphatic heterocycles. The lowest BCUT2D eigenvalue weighted by Gasteiger charge is -2.34. The summed E-state index contributed by atoms with van der Waals surface area (Å²) in [6.07, 6.45) is -4.03. The third kappa shape index (κ3) is 9.47. The summed E-state index contributed by atoms with van der Waals surface area (Å²) in [5.74, 6) is -1.22. The molecular formula is C36H37BrF3N3O4S. The summed E-state index contributed by atoms with van der Waals surface area (Å²) in [4.78, 5) is 29.5. The standard InChI is InChI=1S/C36H37BrF3N3O4S/c1-4-26(3)41-35(45)33(21-27-10-6-5-7-11-27)42(23-28-12-8-14-30(37)20-28)34(44)24-43(31-15-9-13-29(22-31)36(38,39)40)48(46,47)32-18-16-25(2)17-19-32/h5-20,22,26,33H,4,21,23-24H2,1-3H3,(H,41,45). The number of aryl methyl sites for hydroxylation is 1. The maximum atomic E-state index is 14.5. The van der Waals surface area contributed by atoms with E-state index in [9.17, 15) is 31.2 Å².